The quantitative estimate of drug-likeness (QED) is 0.578. The van der Waals surface area contributed by atoms with Crippen molar-refractivity contribution in [1.82, 2.24) is 9.88 Å². The second-order valence-electron chi connectivity index (χ2n) is 10.0. The summed E-state index contributed by atoms with van der Waals surface area (Å²) in [6, 6.07) is 18.4. The number of benzene rings is 2. The number of likely N-dealkylation sites (tertiary alicyclic amines) is 1. The second kappa shape index (κ2) is 9.91. The van der Waals surface area contributed by atoms with Gasteiger partial charge in [0.15, 0.2) is 0 Å². The normalized spacial score (nSPS) is 25.6. The molecule has 2 fully saturated rings. The Kier molecular flexibility index (Phi) is 6.65. The first kappa shape index (κ1) is 24.8. The minimum Gasteiger partial charge on any atom is -0.385 e. The highest BCUT2D eigenvalue weighted by atomic mass is 19.1. The number of nitriles is 1. The van der Waals surface area contributed by atoms with Crippen molar-refractivity contribution in [3.63, 3.8) is 0 Å². The highest BCUT2D eigenvalue weighted by Crippen LogP contribution is 2.41. The molecule has 2 aromatic carbocycles. The highest BCUT2D eigenvalue weighted by molar-refractivity contribution is 5.82. The first-order valence-electron chi connectivity index (χ1n) is 12.4. The average Bonchev–Trinajstić information content (AvgIpc) is 3.35. The van der Waals surface area contributed by atoms with Gasteiger partial charge in [0.05, 0.1) is 17.1 Å². The monoisotopic (exact) mass is 502 g/mol. The Morgan fingerprint density at radius 3 is 2.54 bits per heavy atom. The summed E-state index contributed by atoms with van der Waals surface area (Å²) in [6.45, 7) is 3.32. The summed E-state index contributed by atoms with van der Waals surface area (Å²) in [6.07, 6.45) is 1.86. The maximum absolute atomic E-state index is 14.9. The van der Waals surface area contributed by atoms with Gasteiger partial charge in [-0.05, 0) is 35.7 Å². The van der Waals surface area contributed by atoms with Crippen LogP contribution in [-0.2, 0) is 10.4 Å². The molecule has 4 atom stereocenters. The van der Waals surface area contributed by atoms with Crippen LogP contribution in [0.5, 0.6) is 0 Å². The fourth-order valence-corrected chi connectivity index (χ4v) is 5.71. The van der Waals surface area contributed by atoms with Crippen molar-refractivity contribution in [1.29, 1.82) is 5.26 Å². The zero-order valence-electron chi connectivity index (χ0n) is 20.5. The molecule has 6 nitrogen and oxygen atoms in total. The van der Waals surface area contributed by atoms with Crippen molar-refractivity contribution in [3.05, 3.63) is 95.2 Å². The van der Waals surface area contributed by atoms with Gasteiger partial charge in [0.1, 0.15) is 23.5 Å². The van der Waals surface area contributed by atoms with Crippen LogP contribution < -0.4 is 4.90 Å². The van der Waals surface area contributed by atoms with E-state index in [1.54, 1.807) is 17.0 Å². The van der Waals surface area contributed by atoms with E-state index in [0.717, 1.165) is 11.6 Å². The number of anilines is 1. The fourth-order valence-electron chi connectivity index (χ4n) is 5.71. The molecule has 1 amide bonds. The van der Waals surface area contributed by atoms with Gasteiger partial charge in [-0.3, -0.25) is 4.79 Å². The molecule has 3 heterocycles. The predicted molar refractivity (Wildman–Crippen MR) is 134 cm³/mol. The van der Waals surface area contributed by atoms with E-state index in [2.05, 4.69) is 4.98 Å². The lowest BCUT2D eigenvalue weighted by Gasteiger charge is -2.44. The lowest BCUT2D eigenvalue weighted by atomic mass is 9.76. The van der Waals surface area contributed by atoms with Crippen LogP contribution in [0.2, 0.25) is 0 Å². The Hall–Kier alpha value is -3.83. The van der Waals surface area contributed by atoms with Gasteiger partial charge in [0, 0.05) is 50.3 Å². The second-order valence-corrected chi connectivity index (χ2v) is 10.0. The Morgan fingerprint density at radius 2 is 1.89 bits per heavy atom. The molecule has 0 spiro atoms. The summed E-state index contributed by atoms with van der Waals surface area (Å²) in [4.78, 5) is 21.9. The molecule has 0 saturated carbocycles. The molecule has 1 N–H and O–H groups in total. The van der Waals surface area contributed by atoms with Crippen molar-refractivity contribution < 1.29 is 18.7 Å². The third-order valence-electron chi connectivity index (χ3n) is 7.86. The zero-order chi connectivity index (χ0) is 26.2. The van der Waals surface area contributed by atoms with Crippen LogP contribution in [-0.4, -0.2) is 47.1 Å². The number of nitrogens with zero attached hydrogens (tertiary/aromatic N) is 4. The SMILES string of the molecule is C[C@@H]1CN(C(=O)[C@@H]2CN(c3ccc(C#N)cn3)C[C@H]2c2ccc(F)cc2F)CC[C@@]1(O)c1ccccc1. The largest absolute Gasteiger partial charge is 0.385 e. The van der Waals surface area contributed by atoms with Gasteiger partial charge in [-0.25, -0.2) is 13.8 Å². The maximum atomic E-state index is 14.9. The molecule has 2 aliphatic heterocycles. The molecule has 0 aliphatic carbocycles. The number of pyridine rings is 1. The van der Waals surface area contributed by atoms with E-state index in [4.69, 9.17) is 5.26 Å². The highest BCUT2D eigenvalue weighted by Gasteiger charge is 2.46. The summed E-state index contributed by atoms with van der Waals surface area (Å²) in [5.41, 5.74) is 0.515. The van der Waals surface area contributed by atoms with Gasteiger partial charge in [-0.2, -0.15) is 5.26 Å². The van der Waals surface area contributed by atoms with Crippen molar-refractivity contribution in [3.8, 4) is 6.07 Å². The number of aliphatic hydroxyl groups is 1. The number of halogens is 2. The third-order valence-corrected chi connectivity index (χ3v) is 7.86. The van der Waals surface area contributed by atoms with E-state index in [1.165, 1.54) is 18.3 Å². The molecule has 0 radical (unpaired) electrons. The average molecular weight is 503 g/mol. The summed E-state index contributed by atoms with van der Waals surface area (Å²) in [7, 11) is 0. The lowest BCUT2D eigenvalue weighted by molar-refractivity contribution is -0.144. The van der Waals surface area contributed by atoms with Gasteiger partial charge in [-0.1, -0.05) is 43.3 Å². The maximum Gasteiger partial charge on any atom is 0.228 e. The Morgan fingerprint density at radius 1 is 1.11 bits per heavy atom. The number of hydrogen-bond donors (Lipinski definition) is 1. The molecule has 3 aromatic rings. The van der Waals surface area contributed by atoms with E-state index in [1.807, 2.05) is 48.2 Å². The number of piperidine rings is 1. The first-order valence-corrected chi connectivity index (χ1v) is 12.4. The zero-order valence-corrected chi connectivity index (χ0v) is 20.5. The standard InChI is InChI=1S/C29H28F2N4O2/c1-19-16-34(12-11-29(19,37)21-5-3-2-4-6-21)28(36)25-18-35(27-10-7-20(14-32)15-33-27)17-24(25)23-9-8-22(30)13-26(23)31/h2-10,13,15,19,24-25,37H,11-12,16-18H2,1H3/t19-,24+,25-,29+/m1/s1. The van der Waals surface area contributed by atoms with E-state index in [-0.39, 0.29) is 11.8 Å². The molecular weight excluding hydrogens is 474 g/mol. The number of rotatable bonds is 4. The van der Waals surface area contributed by atoms with E-state index < -0.39 is 29.1 Å². The number of carbonyl (C=O) groups is 1. The van der Waals surface area contributed by atoms with Crippen LogP contribution in [0.4, 0.5) is 14.6 Å². The lowest BCUT2D eigenvalue weighted by Crippen LogP contribution is -2.52. The van der Waals surface area contributed by atoms with Crippen LogP contribution in [0, 0.1) is 34.8 Å². The van der Waals surface area contributed by atoms with Crippen molar-refractivity contribution in [2.75, 3.05) is 31.1 Å². The van der Waals surface area contributed by atoms with Crippen molar-refractivity contribution in [2.24, 2.45) is 11.8 Å². The Labute approximate surface area is 214 Å². The van der Waals surface area contributed by atoms with E-state index in [9.17, 15) is 18.7 Å². The topological polar surface area (TPSA) is 80.5 Å². The van der Waals surface area contributed by atoms with Crippen LogP contribution in [0.3, 0.4) is 0 Å². The Balaban J connectivity index is 1.41. The summed E-state index contributed by atoms with van der Waals surface area (Å²) < 4.78 is 28.6. The van der Waals surface area contributed by atoms with Crippen LogP contribution in [0.1, 0.15) is 36.0 Å². The van der Waals surface area contributed by atoms with E-state index in [0.29, 0.717) is 49.5 Å². The molecule has 0 unspecified atom stereocenters. The minimum absolute atomic E-state index is 0.119. The third kappa shape index (κ3) is 4.67. The molecule has 5 rings (SSSR count). The van der Waals surface area contributed by atoms with Crippen molar-refractivity contribution >= 4 is 11.7 Å². The first-order chi connectivity index (χ1) is 17.8. The van der Waals surface area contributed by atoms with Crippen LogP contribution in [0.15, 0.2) is 66.9 Å². The Bertz CT molecular complexity index is 1330. The molecule has 37 heavy (non-hydrogen) atoms. The fraction of sp³-hybridized carbons (Fsp3) is 0.345. The number of hydrogen-bond acceptors (Lipinski definition) is 5. The molecular formula is C29H28F2N4O2. The summed E-state index contributed by atoms with van der Waals surface area (Å²) in [5, 5.41) is 20.5. The van der Waals surface area contributed by atoms with Gasteiger partial charge in [0.25, 0.3) is 0 Å². The predicted octanol–water partition coefficient (Wildman–Crippen LogP) is 4.21. The van der Waals surface area contributed by atoms with Gasteiger partial charge >= 0.3 is 0 Å². The van der Waals surface area contributed by atoms with E-state index >= 15 is 0 Å². The number of aromatic nitrogens is 1. The molecule has 2 saturated heterocycles. The van der Waals surface area contributed by atoms with Gasteiger partial charge < -0.3 is 14.9 Å². The number of amides is 1. The smallest absolute Gasteiger partial charge is 0.228 e. The molecule has 1 aromatic heterocycles. The van der Waals surface area contributed by atoms with Gasteiger partial charge in [0.2, 0.25) is 5.91 Å². The van der Waals surface area contributed by atoms with Crippen LogP contribution in [0.25, 0.3) is 0 Å². The minimum atomic E-state index is -1.03. The molecule has 8 heteroatoms. The van der Waals surface area contributed by atoms with Crippen molar-refractivity contribution in [2.45, 2.75) is 24.9 Å². The summed E-state index contributed by atoms with van der Waals surface area (Å²) in [5.74, 6) is -2.16. The van der Waals surface area contributed by atoms with Crippen LogP contribution >= 0.6 is 0 Å². The molecule has 0 bridgehead atoms. The molecule has 2 aliphatic rings. The van der Waals surface area contributed by atoms with Gasteiger partial charge in [-0.15, -0.1) is 0 Å². The summed E-state index contributed by atoms with van der Waals surface area (Å²) >= 11 is 0. The molecule has 190 valence electrons. The number of carbonyl (C=O) groups excluding carboxylic acids is 1.